The van der Waals surface area contributed by atoms with E-state index in [1.807, 2.05) is 34.6 Å². The number of ether oxygens (including phenoxy) is 4. The van der Waals surface area contributed by atoms with Gasteiger partial charge in [0, 0.05) is 24.9 Å². The number of carbonyl (C=O) groups is 1. The summed E-state index contributed by atoms with van der Waals surface area (Å²) >= 11 is 0. The highest BCUT2D eigenvalue weighted by Crippen LogP contribution is 2.37. The van der Waals surface area contributed by atoms with Gasteiger partial charge < -0.3 is 24.1 Å². The largest absolute Gasteiger partial charge is 0.392 e. The summed E-state index contributed by atoms with van der Waals surface area (Å²) < 4.78 is 22.7. The normalized spacial score (nSPS) is 23.2. The van der Waals surface area contributed by atoms with Crippen molar-refractivity contribution in [2.45, 2.75) is 66.0 Å². The lowest BCUT2D eigenvalue weighted by molar-refractivity contribution is -0.234. The summed E-state index contributed by atoms with van der Waals surface area (Å²) in [5, 5.41) is 10.3. The van der Waals surface area contributed by atoms with Crippen molar-refractivity contribution >= 4 is 5.78 Å². The molecule has 25 heavy (non-hydrogen) atoms. The molecule has 5 atom stereocenters. The monoisotopic (exact) mass is 360 g/mol. The first kappa shape index (κ1) is 22.5. The highest BCUT2D eigenvalue weighted by molar-refractivity contribution is 5.84. The van der Waals surface area contributed by atoms with Crippen LogP contribution in [0.3, 0.4) is 0 Å². The topological polar surface area (TPSA) is 74.2 Å². The summed E-state index contributed by atoms with van der Waals surface area (Å²) in [7, 11) is 1.55. The highest BCUT2D eigenvalue weighted by atomic mass is 16.7. The lowest BCUT2D eigenvalue weighted by Crippen LogP contribution is -2.49. The zero-order valence-corrected chi connectivity index (χ0v) is 16.8. The van der Waals surface area contributed by atoms with Crippen molar-refractivity contribution in [3.8, 4) is 0 Å². The molecule has 6 heteroatoms. The van der Waals surface area contributed by atoms with Crippen LogP contribution in [0.5, 0.6) is 0 Å². The third-order valence-electron chi connectivity index (χ3n) is 5.42. The Morgan fingerprint density at radius 2 is 1.68 bits per heavy atom. The molecule has 148 valence electrons. The maximum atomic E-state index is 12.9. The number of carbonyl (C=O) groups excluding carboxylic acids is 1. The second-order valence-electron chi connectivity index (χ2n) is 7.40. The number of methoxy groups -OCH3 is 1. The molecule has 1 aliphatic rings. The number of rotatable bonds is 11. The summed E-state index contributed by atoms with van der Waals surface area (Å²) in [5.41, 5.74) is 0. The van der Waals surface area contributed by atoms with Crippen LogP contribution in [0.15, 0.2) is 0 Å². The van der Waals surface area contributed by atoms with Gasteiger partial charge in [0.05, 0.1) is 25.4 Å². The number of ketones is 1. The second-order valence-corrected chi connectivity index (χ2v) is 7.40. The summed E-state index contributed by atoms with van der Waals surface area (Å²) in [6.45, 7) is 12.6. The lowest BCUT2D eigenvalue weighted by Gasteiger charge is -2.40. The van der Waals surface area contributed by atoms with Gasteiger partial charge in [-0.3, -0.25) is 4.79 Å². The van der Waals surface area contributed by atoms with Crippen molar-refractivity contribution in [3.63, 3.8) is 0 Å². The van der Waals surface area contributed by atoms with E-state index in [-0.39, 0.29) is 24.4 Å². The van der Waals surface area contributed by atoms with Crippen LogP contribution in [0.2, 0.25) is 0 Å². The Labute approximate surface area is 152 Å². The molecule has 0 unspecified atom stereocenters. The minimum atomic E-state index is -0.743. The molecule has 1 aliphatic heterocycles. The number of hydrogen-bond donors (Lipinski definition) is 1. The summed E-state index contributed by atoms with van der Waals surface area (Å²) in [4.78, 5) is 12.9. The third-order valence-corrected chi connectivity index (χ3v) is 5.42. The Bertz CT molecular complexity index is 405. The fourth-order valence-electron chi connectivity index (χ4n) is 3.70. The van der Waals surface area contributed by atoms with Crippen LogP contribution in [0.25, 0.3) is 0 Å². The fourth-order valence-corrected chi connectivity index (χ4v) is 3.70. The predicted molar refractivity (Wildman–Crippen MR) is 95.0 cm³/mol. The second kappa shape index (κ2) is 9.97. The average molecular weight is 360 g/mol. The van der Waals surface area contributed by atoms with Crippen molar-refractivity contribution in [2.24, 2.45) is 23.7 Å². The van der Waals surface area contributed by atoms with E-state index >= 15 is 0 Å². The van der Waals surface area contributed by atoms with Crippen LogP contribution < -0.4 is 0 Å². The van der Waals surface area contributed by atoms with Gasteiger partial charge in [-0.25, -0.2) is 0 Å². The van der Waals surface area contributed by atoms with Crippen molar-refractivity contribution in [1.82, 2.24) is 0 Å². The molecule has 0 aromatic rings. The van der Waals surface area contributed by atoms with Gasteiger partial charge in [0.1, 0.15) is 12.6 Å². The van der Waals surface area contributed by atoms with E-state index in [9.17, 15) is 9.90 Å². The van der Waals surface area contributed by atoms with Gasteiger partial charge in [-0.05, 0) is 12.3 Å². The van der Waals surface area contributed by atoms with Gasteiger partial charge >= 0.3 is 0 Å². The average Bonchev–Trinajstić information content (AvgIpc) is 3.09. The van der Waals surface area contributed by atoms with Gasteiger partial charge in [0.15, 0.2) is 5.79 Å². The minimum absolute atomic E-state index is 0.0154. The van der Waals surface area contributed by atoms with E-state index in [2.05, 4.69) is 0 Å². The van der Waals surface area contributed by atoms with Gasteiger partial charge in [0.25, 0.3) is 0 Å². The van der Waals surface area contributed by atoms with Gasteiger partial charge in [-0.2, -0.15) is 0 Å². The van der Waals surface area contributed by atoms with Crippen LogP contribution in [0.4, 0.5) is 0 Å². The van der Waals surface area contributed by atoms with Crippen LogP contribution in [-0.4, -0.2) is 56.0 Å². The van der Waals surface area contributed by atoms with Crippen molar-refractivity contribution in [1.29, 1.82) is 0 Å². The quantitative estimate of drug-likeness (QED) is 0.571. The van der Waals surface area contributed by atoms with E-state index < -0.39 is 29.8 Å². The predicted octanol–water partition coefficient (Wildman–Crippen LogP) is 2.62. The summed E-state index contributed by atoms with van der Waals surface area (Å²) in [6.07, 6.45) is -0.425. The Balaban J connectivity index is 2.98. The molecule has 1 saturated heterocycles. The summed E-state index contributed by atoms with van der Waals surface area (Å²) in [6, 6.07) is 0. The molecule has 0 aromatic heterocycles. The zero-order valence-electron chi connectivity index (χ0n) is 16.8. The number of aliphatic hydroxyl groups is 1. The maximum Gasteiger partial charge on any atom is 0.173 e. The first-order valence-electron chi connectivity index (χ1n) is 9.32. The molecule has 0 radical (unpaired) electrons. The number of aliphatic hydroxyl groups excluding tert-OH is 1. The first-order valence-corrected chi connectivity index (χ1v) is 9.32. The zero-order chi connectivity index (χ0) is 19.2. The van der Waals surface area contributed by atoms with Crippen molar-refractivity contribution < 1.29 is 28.8 Å². The van der Waals surface area contributed by atoms with Crippen molar-refractivity contribution in [3.05, 3.63) is 0 Å². The Hall–Kier alpha value is -0.530. The first-order chi connectivity index (χ1) is 11.7. The summed E-state index contributed by atoms with van der Waals surface area (Å²) in [5.74, 6) is -1.77. The third kappa shape index (κ3) is 5.23. The van der Waals surface area contributed by atoms with Gasteiger partial charge in [-0.15, -0.1) is 0 Å². The Morgan fingerprint density at radius 3 is 2.12 bits per heavy atom. The maximum absolute atomic E-state index is 12.9. The molecular weight excluding hydrogens is 324 g/mol. The van der Waals surface area contributed by atoms with E-state index in [4.69, 9.17) is 18.9 Å². The molecule has 0 saturated carbocycles. The molecule has 0 aliphatic carbocycles. The fraction of sp³-hybridized carbons (Fsp3) is 0.947. The molecule has 1 heterocycles. The molecular formula is C19H36O6. The molecule has 1 N–H and O–H groups in total. The number of Topliss-reactive ketones (excluding diaryl/α,β-unsaturated/α-hetero) is 1. The van der Waals surface area contributed by atoms with Crippen LogP contribution in [0, 0.1) is 23.7 Å². The molecule has 1 fully saturated rings. The highest BCUT2D eigenvalue weighted by Gasteiger charge is 2.47. The van der Waals surface area contributed by atoms with Crippen LogP contribution in [0.1, 0.15) is 48.0 Å². The molecule has 6 nitrogen and oxygen atoms in total. The Kier molecular flexibility index (Phi) is 8.98. The molecule has 0 amide bonds. The molecule has 0 aromatic carbocycles. The smallest absolute Gasteiger partial charge is 0.173 e. The molecule has 1 rings (SSSR count). The van der Waals surface area contributed by atoms with E-state index in [1.54, 1.807) is 14.0 Å². The van der Waals surface area contributed by atoms with E-state index in [0.29, 0.717) is 19.6 Å². The Morgan fingerprint density at radius 1 is 1.12 bits per heavy atom. The van der Waals surface area contributed by atoms with Gasteiger partial charge in [0.2, 0.25) is 0 Å². The van der Waals surface area contributed by atoms with Crippen molar-refractivity contribution in [2.75, 3.05) is 27.1 Å². The van der Waals surface area contributed by atoms with E-state index in [1.165, 1.54) is 0 Å². The van der Waals surface area contributed by atoms with Crippen LogP contribution >= 0.6 is 0 Å². The van der Waals surface area contributed by atoms with E-state index in [0.717, 1.165) is 0 Å². The number of hydrogen-bond acceptors (Lipinski definition) is 6. The molecule has 0 bridgehead atoms. The SMILES string of the molecule is CCC1([C@@H](C)[C@H](OCOC)[C@H](C)C(=O)[C@H](C)[C@H](O)C(C)C)OCCO1. The van der Waals surface area contributed by atoms with Crippen LogP contribution in [-0.2, 0) is 23.7 Å². The standard InChI is InChI=1S/C19H36O6/c1-8-19(24-9-10-25-19)15(6)18(23-11-22-7)14(5)17(21)13(4)16(20)12(2)3/h12-16,18,20H,8-11H2,1-7H3/t13-,14-,15+,16-,18-/m1/s1. The minimum Gasteiger partial charge on any atom is -0.392 e. The van der Waals surface area contributed by atoms with Gasteiger partial charge in [-0.1, -0.05) is 41.5 Å². The lowest BCUT2D eigenvalue weighted by atomic mass is 9.78. The molecule has 0 spiro atoms.